The zero-order valence-electron chi connectivity index (χ0n) is 11.0. The minimum atomic E-state index is 0.212. The van der Waals surface area contributed by atoms with Crippen LogP contribution >= 0.6 is 0 Å². The quantitative estimate of drug-likeness (QED) is 0.737. The maximum atomic E-state index is 12.4. The number of ketones is 1. The number of carbonyl (C=O) groups excluding carboxylic acids is 1. The van der Waals surface area contributed by atoms with Gasteiger partial charge in [0, 0.05) is 12.3 Å². The summed E-state index contributed by atoms with van der Waals surface area (Å²) in [5.41, 5.74) is 0.819. The molecule has 1 aromatic rings. The molecular formula is C15H22O2. The first-order chi connectivity index (χ1) is 8.13. The van der Waals surface area contributed by atoms with E-state index in [2.05, 4.69) is 13.8 Å². The molecular weight excluding hydrogens is 212 g/mol. The zero-order chi connectivity index (χ0) is 12.4. The molecule has 0 aromatic carbocycles. The van der Waals surface area contributed by atoms with Gasteiger partial charge in [0.05, 0.1) is 11.8 Å². The Labute approximate surface area is 103 Å². The first kappa shape index (κ1) is 12.4. The smallest absolute Gasteiger partial charge is 0.169 e. The Balaban J connectivity index is 2.10. The summed E-state index contributed by atoms with van der Waals surface area (Å²) in [5, 5.41) is 0. The highest BCUT2D eigenvalue weighted by molar-refractivity contribution is 5.98. The molecule has 0 aliphatic heterocycles. The minimum absolute atomic E-state index is 0.212. The van der Waals surface area contributed by atoms with Gasteiger partial charge in [0.1, 0.15) is 5.76 Å². The van der Waals surface area contributed by atoms with Crippen LogP contribution < -0.4 is 0 Å². The van der Waals surface area contributed by atoms with E-state index in [9.17, 15) is 4.79 Å². The molecule has 1 heterocycles. The summed E-state index contributed by atoms with van der Waals surface area (Å²) < 4.78 is 5.35. The Morgan fingerprint density at radius 1 is 1.35 bits per heavy atom. The lowest BCUT2D eigenvalue weighted by atomic mass is 9.73. The van der Waals surface area contributed by atoms with Crippen molar-refractivity contribution in [2.75, 3.05) is 0 Å². The Bertz CT molecular complexity index is 391. The predicted octanol–water partition coefficient (Wildman–Crippen LogP) is 4.10. The molecule has 1 aliphatic rings. The average Bonchev–Trinajstić information content (AvgIpc) is 2.80. The van der Waals surface area contributed by atoms with Gasteiger partial charge in [0.2, 0.25) is 0 Å². The molecule has 0 spiro atoms. The zero-order valence-corrected chi connectivity index (χ0v) is 11.0. The maximum Gasteiger partial charge on any atom is 0.169 e. The Kier molecular flexibility index (Phi) is 3.70. The van der Waals surface area contributed by atoms with Gasteiger partial charge < -0.3 is 4.42 Å². The summed E-state index contributed by atoms with van der Waals surface area (Å²) in [6.45, 7) is 6.59. The van der Waals surface area contributed by atoms with Crippen LogP contribution in [0.1, 0.15) is 56.2 Å². The fourth-order valence-electron chi connectivity index (χ4n) is 2.84. The van der Waals surface area contributed by atoms with Crippen LogP contribution in [0.3, 0.4) is 0 Å². The largest absolute Gasteiger partial charge is 0.469 e. The highest BCUT2D eigenvalue weighted by atomic mass is 16.3. The SMILES string of the molecule is CCc1occc1C(=O)C1CCC(C)C(C)C1. The van der Waals surface area contributed by atoms with Gasteiger partial charge in [-0.3, -0.25) is 4.79 Å². The molecule has 2 rings (SSSR count). The van der Waals surface area contributed by atoms with E-state index in [1.165, 1.54) is 6.42 Å². The third kappa shape index (κ3) is 2.46. The minimum Gasteiger partial charge on any atom is -0.469 e. The number of carbonyl (C=O) groups is 1. The molecule has 1 fully saturated rings. The number of hydrogen-bond donors (Lipinski definition) is 0. The van der Waals surface area contributed by atoms with Gasteiger partial charge in [-0.1, -0.05) is 20.8 Å². The second-order valence-corrected chi connectivity index (χ2v) is 5.44. The van der Waals surface area contributed by atoms with Gasteiger partial charge in [-0.05, 0) is 37.2 Å². The van der Waals surface area contributed by atoms with E-state index in [0.717, 1.165) is 36.5 Å². The third-order valence-corrected chi connectivity index (χ3v) is 4.30. The number of aryl methyl sites for hydroxylation is 1. The van der Waals surface area contributed by atoms with Crippen molar-refractivity contribution >= 4 is 5.78 Å². The monoisotopic (exact) mass is 234 g/mol. The van der Waals surface area contributed by atoms with Crippen LogP contribution in [0.15, 0.2) is 16.7 Å². The van der Waals surface area contributed by atoms with Crippen molar-refractivity contribution in [3.63, 3.8) is 0 Å². The third-order valence-electron chi connectivity index (χ3n) is 4.30. The summed E-state index contributed by atoms with van der Waals surface area (Å²) in [7, 11) is 0. The molecule has 1 saturated carbocycles. The lowest BCUT2D eigenvalue weighted by Crippen LogP contribution is -2.26. The molecule has 94 valence electrons. The molecule has 0 saturated heterocycles. The van der Waals surface area contributed by atoms with Crippen LogP contribution in [0, 0.1) is 17.8 Å². The second kappa shape index (κ2) is 5.07. The molecule has 3 unspecified atom stereocenters. The summed E-state index contributed by atoms with van der Waals surface area (Å²) in [6.07, 6.45) is 5.69. The van der Waals surface area contributed by atoms with Gasteiger partial charge in [0.15, 0.2) is 5.78 Å². The Hall–Kier alpha value is -1.05. The highest BCUT2D eigenvalue weighted by Crippen LogP contribution is 2.35. The molecule has 0 N–H and O–H groups in total. The van der Waals surface area contributed by atoms with Crippen LogP contribution in [0.2, 0.25) is 0 Å². The normalized spacial score (nSPS) is 29.2. The lowest BCUT2D eigenvalue weighted by Gasteiger charge is -2.31. The second-order valence-electron chi connectivity index (χ2n) is 5.44. The summed E-state index contributed by atoms with van der Waals surface area (Å²) in [5.74, 6) is 2.78. The molecule has 0 amide bonds. The van der Waals surface area contributed by atoms with Crippen molar-refractivity contribution in [3.05, 3.63) is 23.7 Å². The summed E-state index contributed by atoms with van der Waals surface area (Å²) in [4.78, 5) is 12.4. The number of hydrogen-bond acceptors (Lipinski definition) is 2. The van der Waals surface area contributed by atoms with Crippen LogP contribution in [0.4, 0.5) is 0 Å². The van der Waals surface area contributed by atoms with E-state index in [0.29, 0.717) is 11.7 Å². The highest BCUT2D eigenvalue weighted by Gasteiger charge is 2.31. The molecule has 1 aliphatic carbocycles. The summed E-state index contributed by atoms with van der Waals surface area (Å²) in [6, 6.07) is 1.84. The molecule has 1 aromatic heterocycles. The number of furan rings is 1. The first-order valence-corrected chi connectivity index (χ1v) is 6.74. The van der Waals surface area contributed by atoms with E-state index in [-0.39, 0.29) is 5.92 Å². The van der Waals surface area contributed by atoms with E-state index in [1.54, 1.807) is 6.26 Å². The van der Waals surface area contributed by atoms with Crippen molar-refractivity contribution in [3.8, 4) is 0 Å². The van der Waals surface area contributed by atoms with Crippen LogP contribution in [0.25, 0.3) is 0 Å². The Morgan fingerprint density at radius 3 is 2.76 bits per heavy atom. The van der Waals surface area contributed by atoms with Crippen molar-refractivity contribution < 1.29 is 9.21 Å². The van der Waals surface area contributed by atoms with Crippen molar-refractivity contribution in [1.82, 2.24) is 0 Å². The maximum absolute atomic E-state index is 12.4. The topological polar surface area (TPSA) is 30.2 Å². The van der Waals surface area contributed by atoms with E-state index in [1.807, 2.05) is 13.0 Å². The number of Topliss-reactive ketones (excluding diaryl/α,β-unsaturated/α-hetero) is 1. The van der Waals surface area contributed by atoms with E-state index in [4.69, 9.17) is 4.42 Å². The standard InChI is InChI=1S/C15H22O2/c1-4-14-13(7-8-17-14)15(16)12-6-5-10(2)11(3)9-12/h7-8,10-12H,4-6,9H2,1-3H3. The molecule has 0 bridgehead atoms. The first-order valence-electron chi connectivity index (χ1n) is 6.74. The van der Waals surface area contributed by atoms with E-state index < -0.39 is 0 Å². The lowest BCUT2D eigenvalue weighted by molar-refractivity contribution is 0.0835. The predicted molar refractivity (Wildman–Crippen MR) is 68.1 cm³/mol. The molecule has 0 radical (unpaired) electrons. The van der Waals surface area contributed by atoms with Crippen LogP contribution in [-0.4, -0.2) is 5.78 Å². The van der Waals surface area contributed by atoms with Gasteiger partial charge in [-0.15, -0.1) is 0 Å². The molecule has 3 atom stereocenters. The van der Waals surface area contributed by atoms with Gasteiger partial charge in [0.25, 0.3) is 0 Å². The average molecular weight is 234 g/mol. The Morgan fingerprint density at radius 2 is 2.12 bits per heavy atom. The van der Waals surface area contributed by atoms with Gasteiger partial charge >= 0.3 is 0 Å². The van der Waals surface area contributed by atoms with Crippen molar-refractivity contribution in [1.29, 1.82) is 0 Å². The molecule has 2 nitrogen and oxygen atoms in total. The van der Waals surface area contributed by atoms with Crippen LogP contribution in [0.5, 0.6) is 0 Å². The van der Waals surface area contributed by atoms with Gasteiger partial charge in [-0.2, -0.15) is 0 Å². The van der Waals surface area contributed by atoms with Crippen LogP contribution in [-0.2, 0) is 6.42 Å². The van der Waals surface area contributed by atoms with Crippen molar-refractivity contribution in [2.24, 2.45) is 17.8 Å². The van der Waals surface area contributed by atoms with Crippen molar-refractivity contribution in [2.45, 2.75) is 46.5 Å². The van der Waals surface area contributed by atoms with Gasteiger partial charge in [-0.25, -0.2) is 0 Å². The fraction of sp³-hybridized carbons (Fsp3) is 0.667. The fourth-order valence-corrected chi connectivity index (χ4v) is 2.84. The summed E-state index contributed by atoms with van der Waals surface area (Å²) >= 11 is 0. The number of rotatable bonds is 3. The van der Waals surface area contributed by atoms with E-state index >= 15 is 0 Å². The molecule has 17 heavy (non-hydrogen) atoms. The molecule has 2 heteroatoms.